The van der Waals surface area contributed by atoms with Gasteiger partial charge in [-0.1, -0.05) is 6.07 Å². The molecule has 1 aliphatic carbocycles. The molecular weight excluding hydrogens is 250 g/mol. The molecule has 1 fully saturated rings. The highest BCUT2D eigenvalue weighted by Gasteiger charge is 2.20. The first-order chi connectivity index (χ1) is 9.85. The molecule has 0 amide bonds. The normalized spacial score (nSPS) is 13.8. The molecule has 1 N–H and O–H groups in total. The van der Waals surface area contributed by atoms with Crippen LogP contribution < -0.4 is 10.1 Å². The molecule has 0 saturated heterocycles. The lowest BCUT2D eigenvalue weighted by molar-refractivity contribution is 0.478. The highest BCUT2D eigenvalue weighted by Crippen LogP contribution is 2.26. The van der Waals surface area contributed by atoms with Crippen LogP contribution in [0.5, 0.6) is 11.5 Å². The lowest BCUT2D eigenvalue weighted by atomic mass is 10.1. The first-order valence-corrected chi connectivity index (χ1v) is 6.69. The second-order valence-corrected chi connectivity index (χ2v) is 4.89. The first kappa shape index (κ1) is 12.6. The van der Waals surface area contributed by atoms with Gasteiger partial charge < -0.3 is 10.1 Å². The molecule has 0 aliphatic heterocycles. The van der Waals surface area contributed by atoms with Crippen LogP contribution in [0.2, 0.25) is 0 Å². The molecule has 3 rings (SSSR count). The first-order valence-electron chi connectivity index (χ1n) is 6.69. The predicted molar refractivity (Wildman–Crippen MR) is 75.3 cm³/mol. The number of benzene rings is 1. The molecule has 4 nitrogen and oxygen atoms in total. The Bertz CT molecular complexity index is 630. The van der Waals surface area contributed by atoms with Crippen molar-refractivity contribution >= 4 is 0 Å². The van der Waals surface area contributed by atoms with Crippen LogP contribution in [-0.4, -0.2) is 11.0 Å². The average molecular weight is 265 g/mol. The minimum absolute atomic E-state index is 0.545. The maximum Gasteiger partial charge on any atom is 0.145 e. The summed E-state index contributed by atoms with van der Waals surface area (Å²) in [6.07, 6.45) is 5.83. The molecule has 100 valence electrons. The van der Waals surface area contributed by atoms with Crippen LogP contribution >= 0.6 is 0 Å². The molecule has 1 saturated carbocycles. The van der Waals surface area contributed by atoms with Crippen molar-refractivity contribution in [3.8, 4) is 17.6 Å². The number of nitrogens with one attached hydrogen (secondary N) is 1. The Kier molecular flexibility index (Phi) is 3.62. The molecule has 0 spiro atoms. The molecular formula is C16H15N3O. The van der Waals surface area contributed by atoms with E-state index in [1.165, 1.54) is 12.8 Å². The van der Waals surface area contributed by atoms with Gasteiger partial charge in [-0.05, 0) is 42.7 Å². The number of aromatic nitrogens is 1. The lowest BCUT2D eigenvalue weighted by Crippen LogP contribution is -2.15. The Morgan fingerprint density at radius 3 is 2.95 bits per heavy atom. The summed E-state index contributed by atoms with van der Waals surface area (Å²) < 4.78 is 5.69. The lowest BCUT2D eigenvalue weighted by Gasteiger charge is -2.09. The van der Waals surface area contributed by atoms with Gasteiger partial charge in [-0.2, -0.15) is 5.26 Å². The fourth-order valence-corrected chi connectivity index (χ4v) is 1.95. The van der Waals surface area contributed by atoms with Gasteiger partial charge in [0, 0.05) is 18.8 Å². The third-order valence-corrected chi connectivity index (χ3v) is 3.20. The fourth-order valence-electron chi connectivity index (χ4n) is 1.95. The van der Waals surface area contributed by atoms with Crippen molar-refractivity contribution in [1.29, 1.82) is 5.26 Å². The van der Waals surface area contributed by atoms with Gasteiger partial charge in [-0.15, -0.1) is 0 Å². The SMILES string of the molecule is N#Cc1cc(CNC2CC2)ccc1Oc1cccnc1. The van der Waals surface area contributed by atoms with Gasteiger partial charge in [0.25, 0.3) is 0 Å². The summed E-state index contributed by atoms with van der Waals surface area (Å²) in [5.41, 5.74) is 1.65. The summed E-state index contributed by atoms with van der Waals surface area (Å²) >= 11 is 0. The standard InChI is InChI=1S/C16H15N3O/c17-9-13-8-12(10-19-14-4-5-14)3-6-16(13)20-15-2-1-7-18-11-15/h1-3,6-8,11,14,19H,4-5,10H2. The molecule has 1 aromatic carbocycles. The Morgan fingerprint density at radius 2 is 2.25 bits per heavy atom. The summed E-state index contributed by atoms with van der Waals surface area (Å²) in [6, 6.07) is 12.2. The molecule has 0 bridgehead atoms. The molecule has 1 heterocycles. The molecule has 0 unspecified atom stereocenters. The molecule has 1 aliphatic rings. The highest BCUT2D eigenvalue weighted by atomic mass is 16.5. The third-order valence-electron chi connectivity index (χ3n) is 3.20. The number of hydrogen-bond acceptors (Lipinski definition) is 4. The van der Waals surface area contributed by atoms with Gasteiger partial charge in [0.2, 0.25) is 0 Å². The number of nitriles is 1. The Hall–Kier alpha value is -2.38. The van der Waals surface area contributed by atoms with Crippen molar-refractivity contribution in [2.24, 2.45) is 0 Å². The highest BCUT2D eigenvalue weighted by molar-refractivity contribution is 5.47. The van der Waals surface area contributed by atoms with Crippen LogP contribution in [0.15, 0.2) is 42.7 Å². The molecule has 2 aromatic rings. The maximum atomic E-state index is 9.24. The number of ether oxygens (including phenoxy) is 1. The van der Waals surface area contributed by atoms with Crippen LogP contribution in [-0.2, 0) is 6.54 Å². The van der Waals surface area contributed by atoms with Gasteiger partial charge in [-0.3, -0.25) is 4.98 Å². The monoisotopic (exact) mass is 265 g/mol. The summed E-state index contributed by atoms with van der Waals surface area (Å²) in [5.74, 6) is 1.20. The summed E-state index contributed by atoms with van der Waals surface area (Å²) in [6.45, 7) is 0.798. The largest absolute Gasteiger partial charge is 0.454 e. The van der Waals surface area contributed by atoms with E-state index < -0.39 is 0 Å². The number of pyridine rings is 1. The van der Waals surface area contributed by atoms with Crippen LogP contribution in [0.25, 0.3) is 0 Å². The van der Waals surface area contributed by atoms with Crippen molar-refractivity contribution in [2.75, 3.05) is 0 Å². The zero-order chi connectivity index (χ0) is 13.8. The predicted octanol–water partition coefficient (Wildman–Crippen LogP) is 3.00. The van der Waals surface area contributed by atoms with E-state index in [0.29, 0.717) is 23.1 Å². The van der Waals surface area contributed by atoms with Crippen LogP contribution in [0.1, 0.15) is 24.0 Å². The van der Waals surface area contributed by atoms with E-state index in [1.807, 2.05) is 24.3 Å². The van der Waals surface area contributed by atoms with E-state index in [9.17, 15) is 5.26 Å². The molecule has 4 heteroatoms. The van der Waals surface area contributed by atoms with Crippen molar-refractivity contribution in [3.05, 3.63) is 53.9 Å². The maximum absolute atomic E-state index is 9.24. The zero-order valence-corrected chi connectivity index (χ0v) is 11.0. The summed E-state index contributed by atoms with van der Waals surface area (Å²) in [4.78, 5) is 3.99. The van der Waals surface area contributed by atoms with Crippen LogP contribution in [0, 0.1) is 11.3 Å². The van der Waals surface area contributed by atoms with Gasteiger partial charge in [0.05, 0.1) is 11.8 Å². The minimum atomic E-state index is 0.545. The van der Waals surface area contributed by atoms with Crippen LogP contribution in [0.4, 0.5) is 0 Å². The van der Waals surface area contributed by atoms with Crippen LogP contribution in [0.3, 0.4) is 0 Å². The zero-order valence-electron chi connectivity index (χ0n) is 11.0. The third kappa shape index (κ3) is 3.14. The smallest absolute Gasteiger partial charge is 0.145 e. The van der Waals surface area contributed by atoms with Crippen molar-refractivity contribution < 1.29 is 4.74 Å². The second-order valence-electron chi connectivity index (χ2n) is 4.89. The second kappa shape index (κ2) is 5.72. The molecule has 1 aromatic heterocycles. The topological polar surface area (TPSA) is 57.9 Å². The van der Waals surface area contributed by atoms with E-state index in [0.717, 1.165) is 12.1 Å². The summed E-state index contributed by atoms with van der Waals surface area (Å²) in [7, 11) is 0. The number of hydrogen-bond donors (Lipinski definition) is 1. The minimum Gasteiger partial charge on any atom is -0.454 e. The quantitative estimate of drug-likeness (QED) is 0.902. The average Bonchev–Trinajstić information content (AvgIpc) is 3.31. The number of nitrogens with zero attached hydrogens (tertiary/aromatic N) is 2. The van der Waals surface area contributed by atoms with E-state index in [4.69, 9.17) is 4.74 Å². The van der Waals surface area contributed by atoms with E-state index in [2.05, 4.69) is 16.4 Å². The van der Waals surface area contributed by atoms with Gasteiger partial charge in [-0.25, -0.2) is 0 Å². The molecule has 0 radical (unpaired) electrons. The van der Waals surface area contributed by atoms with Crippen molar-refractivity contribution in [2.45, 2.75) is 25.4 Å². The molecule has 0 atom stereocenters. The van der Waals surface area contributed by atoms with Gasteiger partial charge in [0.1, 0.15) is 17.6 Å². The van der Waals surface area contributed by atoms with Gasteiger partial charge in [0.15, 0.2) is 0 Å². The Labute approximate surface area is 118 Å². The Balaban J connectivity index is 1.75. The number of rotatable bonds is 5. The fraction of sp³-hybridized carbons (Fsp3) is 0.250. The van der Waals surface area contributed by atoms with Crippen molar-refractivity contribution in [1.82, 2.24) is 10.3 Å². The van der Waals surface area contributed by atoms with E-state index >= 15 is 0 Å². The molecule has 20 heavy (non-hydrogen) atoms. The van der Waals surface area contributed by atoms with Crippen molar-refractivity contribution in [3.63, 3.8) is 0 Å². The summed E-state index contributed by atoms with van der Waals surface area (Å²) in [5, 5.41) is 12.7. The van der Waals surface area contributed by atoms with E-state index in [-0.39, 0.29) is 0 Å². The van der Waals surface area contributed by atoms with Gasteiger partial charge >= 0.3 is 0 Å². The van der Waals surface area contributed by atoms with E-state index in [1.54, 1.807) is 18.5 Å². The Morgan fingerprint density at radius 1 is 1.35 bits per heavy atom.